The van der Waals surface area contributed by atoms with E-state index in [-0.39, 0.29) is 23.7 Å². The van der Waals surface area contributed by atoms with Crippen LogP contribution in [0.1, 0.15) is 30.9 Å². The number of nitrogens with one attached hydrogen (secondary N) is 1. The minimum absolute atomic E-state index is 0.0692. The Hall–Kier alpha value is -1.42. The fourth-order valence-corrected chi connectivity index (χ4v) is 7.42. The normalized spacial score (nSPS) is 21.2. The molecule has 0 unspecified atom stereocenters. The van der Waals surface area contributed by atoms with Gasteiger partial charge in [-0.15, -0.1) is 23.1 Å². The zero-order valence-electron chi connectivity index (χ0n) is 15.1. The summed E-state index contributed by atoms with van der Waals surface area (Å²) in [5, 5.41) is 4.81. The third-order valence-corrected chi connectivity index (χ3v) is 9.64. The molecule has 0 saturated carbocycles. The van der Waals surface area contributed by atoms with Gasteiger partial charge in [-0.3, -0.25) is 4.79 Å². The molecule has 150 valence electrons. The first-order valence-electron chi connectivity index (χ1n) is 9.21. The van der Waals surface area contributed by atoms with Crippen LogP contribution in [0.15, 0.2) is 44.8 Å². The molecule has 4 rings (SSSR count). The highest BCUT2D eigenvalue weighted by Crippen LogP contribution is 2.37. The molecule has 3 heterocycles. The van der Waals surface area contributed by atoms with Gasteiger partial charge in [-0.25, -0.2) is 12.8 Å². The molecule has 0 bridgehead atoms. The van der Waals surface area contributed by atoms with E-state index in [0.29, 0.717) is 30.1 Å². The van der Waals surface area contributed by atoms with Gasteiger partial charge in [-0.05, 0) is 54.5 Å². The predicted molar refractivity (Wildman–Crippen MR) is 108 cm³/mol. The molecule has 1 saturated heterocycles. The number of hydrogen-bond acceptors (Lipinski definition) is 5. The van der Waals surface area contributed by atoms with E-state index in [1.54, 1.807) is 35.3 Å². The molecule has 0 aliphatic carbocycles. The summed E-state index contributed by atoms with van der Waals surface area (Å²) in [7, 11) is -3.46. The Bertz CT molecular complexity index is 955. The lowest BCUT2D eigenvalue weighted by molar-refractivity contribution is -0.126. The molecule has 2 aliphatic rings. The van der Waals surface area contributed by atoms with Gasteiger partial charge in [0.2, 0.25) is 5.91 Å². The molecule has 1 N–H and O–H groups in total. The van der Waals surface area contributed by atoms with Crippen molar-refractivity contribution in [3.8, 4) is 0 Å². The van der Waals surface area contributed by atoms with E-state index in [1.807, 2.05) is 0 Å². The largest absolute Gasteiger partial charge is 0.349 e. The molecule has 0 radical (unpaired) electrons. The van der Waals surface area contributed by atoms with Crippen molar-refractivity contribution in [3.63, 3.8) is 0 Å². The van der Waals surface area contributed by atoms with Gasteiger partial charge in [0, 0.05) is 29.7 Å². The molecule has 2 aromatic rings. The Morgan fingerprint density at radius 3 is 2.68 bits per heavy atom. The zero-order valence-corrected chi connectivity index (χ0v) is 17.6. The van der Waals surface area contributed by atoms with Crippen molar-refractivity contribution in [2.75, 3.05) is 18.8 Å². The van der Waals surface area contributed by atoms with Crippen LogP contribution in [0, 0.1) is 11.7 Å². The van der Waals surface area contributed by atoms with Crippen molar-refractivity contribution >= 4 is 39.0 Å². The highest BCUT2D eigenvalue weighted by molar-refractivity contribution is 7.99. The van der Waals surface area contributed by atoms with Crippen LogP contribution in [0.3, 0.4) is 0 Å². The minimum atomic E-state index is -3.46. The maximum atomic E-state index is 13.6. The summed E-state index contributed by atoms with van der Waals surface area (Å²) in [6.45, 7) is 0.675. The van der Waals surface area contributed by atoms with Crippen molar-refractivity contribution in [2.24, 2.45) is 5.92 Å². The molecule has 1 atom stereocenters. The van der Waals surface area contributed by atoms with E-state index < -0.39 is 10.0 Å². The molecule has 28 heavy (non-hydrogen) atoms. The van der Waals surface area contributed by atoms with Crippen molar-refractivity contribution in [1.29, 1.82) is 0 Å². The van der Waals surface area contributed by atoms with Crippen LogP contribution in [0.2, 0.25) is 0 Å². The fraction of sp³-hybridized carbons (Fsp3) is 0.421. The monoisotopic (exact) mass is 440 g/mol. The zero-order chi connectivity index (χ0) is 19.7. The fourth-order valence-electron chi connectivity index (χ4n) is 3.70. The van der Waals surface area contributed by atoms with Crippen LogP contribution < -0.4 is 5.32 Å². The number of halogens is 1. The Morgan fingerprint density at radius 2 is 1.96 bits per heavy atom. The number of sulfonamides is 1. The first-order valence-corrected chi connectivity index (χ1v) is 12.5. The van der Waals surface area contributed by atoms with Crippen LogP contribution in [0.4, 0.5) is 4.39 Å². The molecule has 1 aromatic carbocycles. The lowest BCUT2D eigenvalue weighted by Crippen LogP contribution is -2.43. The first-order chi connectivity index (χ1) is 13.4. The number of thiophene rings is 1. The van der Waals surface area contributed by atoms with E-state index >= 15 is 0 Å². The Balaban J connectivity index is 1.39. The number of thioether (sulfide) groups is 1. The first kappa shape index (κ1) is 19.9. The second-order valence-electron chi connectivity index (χ2n) is 6.99. The Labute approximate surface area is 172 Å². The Kier molecular flexibility index (Phi) is 5.78. The van der Waals surface area contributed by atoms with Gasteiger partial charge < -0.3 is 5.32 Å². The van der Waals surface area contributed by atoms with Gasteiger partial charge in [-0.2, -0.15) is 4.31 Å². The van der Waals surface area contributed by atoms with Gasteiger partial charge in [0.15, 0.2) is 0 Å². The molecule has 0 spiro atoms. The number of benzene rings is 1. The highest BCUT2D eigenvalue weighted by Gasteiger charge is 2.33. The number of amides is 1. The molecule has 1 aromatic heterocycles. The summed E-state index contributed by atoms with van der Waals surface area (Å²) in [6.07, 6.45) is 1.75. The maximum absolute atomic E-state index is 13.6. The predicted octanol–water partition coefficient (Wildman–Crippen LogP) is 3.64. The number of rotatable bonds is 4. The standard InChI is InChI=1S/C19H21FN2O3S3/c20-14-3-4-17-15(12-14)16(7-11-26-17)21-19(23)13-5-8-22(9-6-13)28(24,25)18-2-1-10-27-18/h1-4,10,12-13,16H,5-9,11H2,(H,21,23)/t16-/m1/s1. The van der Waals surface area contributed by atoms with Crippen LogP contribution in [-0.4, -0.2) is 37.5 Å². The molecule has 2 aliphatic heterocycles. The maximum Gasteiger partial charge on any atom is 0.252 e. The van der Waals surface area contributed by atoms with Crippen molar-refractivity contribution in [2.45, 2.75) is 34.4 Å². The van der Waals surface area contributed by atoms with E-state index in [2.05, 4.69) is 5.32 Å². The summed E-state index contributed by atoms with van der Waals surface area (Å²) < 4.78 is 40.7. The van der Waals surface area contributed by atoms with Gasteiger partial charge in [0.05, 0.1) is 6.04 Å². The van der Waals surface area contributed by atoms with Crippen LogP contribution in [-0.2, 0) is 14.8 Å². The number of hydrogen-bond donors (Lipinski definition) is 1. The van der Waals surface area contributed by atoms with Gasteiger partial charge >= 0.3 is 0 Å². The van der Waals surface area contributed by atoms with E-state index in [9.17, 15) is 17.6 Å². The second-order valence-corrected chi connectivity index (χ2v) is 11.2. The van der Waals surface area contributed by atoms with Gasteiger partial charge in [0.1, 0.15) is 10.0 Å². The number of nitrogens with zero attached hydrogens (tertiary/aromatic N) is 1. The van der Waals surface area contributed by atoms with E-state index in [4.69, 9.17) is 0 Å². The molecule has 9 heteroatoms. The minimum Gasteiger partial charge on any atom is -0.349 e. The average Bonchev–Trinajstić information content (AvgIpc) is 3.24. The molecule has 5 nitrogen and oxygen atoms in total. The van der Waals surface area contributed by atoms with Crippen molar-refractivity contribution in [1.82, 2.24) is 9.62 Å². The Morgan fingerprint density at radius 1 is 1.18 bits per heavy atom. The number of piperidine rings is 1. The lowest BCUT2D eigenvalue weighted by atomic mass is 9.95. The van der Waals surface area contributed by atoms with Gasteiger partial charge in [-0.1, -0.05) is 6.07 Å². The number of carbonyl (C=O) groups excluding carboxylic acids is 1. The molecule has 1 fully saturated rings. The lowest BCUT2D eigenvalue weighted by Gasteiger charge is -2.32. The van der Waals surface area contributed by atoms with Gasteiger partial charge in [0.25, 0.3) is 10.0 Å². The smallest absolute Gasteiger partial charge is 0.252 e. The number of fused-ring (bicyclic) bond motifs is 1. The summed E-state index contributed by atoms with van der Waals surface area (Å²) in [6, 6.07) is 7.86. The summed E-state index contributed by atoms with van der Waals surface area (Å²) in [4.78, 5) is 13.8. The average molecular weight is 441 g/mol. The van der Waals surface area contributed by atoms with E-state index in [1.165, 1.54) is 27.8 Å². The topological polar surface area (TPSA) is 66.5 Å². The quantitative estimate of drug-likeness (QED) is 0.788. The SMILES string of the molecule is O=C(N[C@@H]1CCSc2ccc(F)cc21)C1CCN(S(=O)(=O)c2cccs2)CC1. The van der Waals surface area contributed by atoms with Crippen LogP contribution in [0.5, 0.6) is 0 Å². The third-order valence-electron chi connectivity index (χ3n) is 5.24. The summed E-state index contributed by atoms with van der Waals surface area (Å²) in [5.74, 6) is 0.287. The summed E-state index contributed by atoms with van der Waals surface area (Å²) in [5.41, 5.74) is 0.835. The van der Waals surface area contributed by atoms with Crippen molar-refractivity contribution in [3.05, 3.63) is 47.1 Å². The molecular formula is C19H21FN2O3S3. The molecular weight excluding hydrogens is 419 g/mol. The highest BCUT2D eigenvalue weighted by atomic mass is 32.2. The van der Waals surface area contributed by atoms with Crippen molar-refractivity contribution < 1.29 is 17.6 Å². The molecule has 1 amide bonds. The third kappa shape index (κ3) is 3.98. The van der Waals surface area contributed by atoms with Crippen LogP contribution in [0.25, 0.3) is 0 Å². The second kappa shape index (κ2) is 8.14. The van der Waals surface area contributed by atoms with Crippen LogP contribution >= 0.6 is 23.1 Å². The number of carbonyl (C=O) groups is 1. The summed E-state index contributed by atoms with van der Waals surface area (Å²) >= 11 is 2.88. The van der Waals surface area contributed by atoms with E-state index in [0.717, 1.165) is 22.6 Å².